The Bertz CT molecular complexity index is 789. The van der Waals surface area contributed by atoms with E-state index in [2.05, 4.69) is 15.9 Å². The maximum Gasteiger partial charge on any atom is 0.400 e. The van der Waals surface area contributed by atoms with Gasteiger partial charge in [-0.2, -0.15) is 13.2 Å². The summed E-state index contributed by atoms with van der Waals surface area (Å²) >= 11 is 21.2. The third-order valence-corrected chi connectivity index (χ3v) is 6.21. The van der Waals surface area contributed by atoms with E-state index in [4.69, 9.17) is 34.8 Å². The first kappa shape index (κ1) is 19.2. The van der Waals surface area contributed by atoms with Crippen LogP contribution in [0.5, 0.6) is 0 Å². The average Bonchev–Trinajstić information content (AvgIpc) is 2.98. The molecule has 3 rings (SSSR count). The van der Waals surface area contributed by atoms with Crippen LogP contribution in [-0.4, -0.2) is 19.3 Å². The number of alkyl halides is 3. The lowest BCUT2D eigenvalue weighted by molar-refractivity contribution is -0.184. The van der Waals surface area contributed by atoms with Crippen molar-refractivity contribution in [2.45, 2.75) is 18.0 Å². The molecule has 0 N–H and O–H groups in total. The standard InChI is InChI=1S/C17H12BrCl3F3N/c18-11-2-1-3-12(8-11)25-5-4-16(9-25,17(22,23)24)10-6-13(19)15(21)14(20)7-10/h1-3,6-8H,4-5,9H2. The molecule has 8 heteroatoms. The summed E-state index contributed by atoms with van der Waals surface area (Å²) in [6.07, 6.45) is -4.54. The summed E-state index contributed by atoms with van der Waals surface area (Å²) in [5.74, 6) is 0. The van der Waals surface area contributed by atoms with Crippen LogP contribution in [0, 0.1) is 0 Å². The molecule has 0 radical (unpaired) electrons. The second-order valence-electron chi connectivity index (χ2n) is 5.99. The summed E-state index contributed by atoms with van der Waals surface area (Å²) in [4.78, 5) is 1.72. The molecule has 1 aliphatic rings. The lowest BCUT2D eigenvalue weighted by Crippen LogP contribution is -2.44. The van der Waals surface area contributed by atoms with Gasteiger partial charge in [-0.05, 0) is 42.3 Å². The van der Waals surface area contributed by atoms with Gasteiger partial charge in [0.15, 0.2) is 0 Å². The highest BCUT2D eigenvalue weighted by molar-refractivity contribution is 9.10. The summed E-state index contributed by atoms with van der Waals surface area (Å²) < 4.78 is 43.0. The van der Waals surface area contributed by atoms with E-state index in [1.165, 1.54) is 12.1 Å². The van der Waals surface area contributed by atoms with Crippen molar-refractivity contribution in [1.82, 2.24) is 0 Å². The molecule has 1 saturated heterocycles. The van der Waals surface area contributed by atoms with Crippen LogP contribution in [0.3, 0.4) is 0 Å². The molecule has 0 aromatic heterocycles. The van der Waals surface area contributed by atoms with Gasteiger partial charge in [0, 0.05) is 23.2 Å². The minimum absolute atomic E-state index is 0.0219. The highest BCUT2D eigenvalue weighted by atomic mass is 79.9. The molecule has 25 heavy (non-hydrogen) atoms. The van der Waals surface area contributed by atoms with Crippen molar-refractivity contribution in [1.29, 1.82) is 0 Å². The predicted octanol–water partition coefficient (Wildman–Crippen LogP) is 7.12. The van der Waals surface area contributed by atoms with Gasteiger partial charge in [0.05, 0.1) is 15.1 Å². The molecule has 1 aliphatic heterocycles. The van der Waals surface area contributed by atoms with Crippen molar-refractivity contribution in [2.24, 2.45) is 0 Å². The molecule has 0 saturated carbocycles. The van der Waals surface area contributed by atoms with Crippen LogP contribution in [0.4, 0.5) is 18.9 Å². The van der Waals surface area contributed by atoms with E-state index in [-0.39, 0.29) is 40.1 Å². The first-order valence-corrected chi connectivity index (χ1v) is 9.29. The number of nitrogens with zero attached hydrogens (tertiary/aromatic N) is 1. The van der Waals surface area contributed by atoms with Crippen LogP contribution in [0.25, 0.3) is 0 Å². The maximum absolute atomic E-state index is 14.1. The summed E-state index contributed by atoms with van der Waals surface area (Å²) in [5.41, 5.74) is -1.28. The quantitative estimate of drug-likeness (QED) is 0.420. The molecule has 1 nitrogen and oxygen atoms in total. The Morgan fingerprint density at radius 2 is 1.68 bits per heavy atom. The first-order valence-electron chi connectivity index (χ1n) is 7.36. The van der Waals surface area contributed by atoms with Crippen molar-refractivity contribution in [3.8, 4) is 0 Å². The topological polar surface area (TPSA) is 3.24 Å². The smallest absolute Gasteiger partial charge is 0.370 e. The lowest BCUT2D eigenvalue weighted by atomic mass is 9.79. The molecule has 2 aromatic carbocycles. The second kappa shape index (κ2) is 6.84. The van der Waals surface area contributed by atoms with Gasteiger partial charge in [0.25, 0.3) is 0 Å². The normalized spacial score (nSPS) is 21.0. The van der Waals surface area contributed by atoms with Crippen LogP contribution in [0.2, 0.25) is 15.1 Å². The molecule has 0 spiro atoms. The molecule has 0 aliphatic carbocycles. The van der Waals surface area contributed by atoms with Crippen LogP contribution in [0.15, 0.2) is 40.9 Å². The van der Waals surface area contributed by atoms with Crippen LogP contribution < -0.4 is 4.90 Å². The van der Waals surface area contributed by atoms with Crippen molar-refractivity contribution >= 4 is 56.4 Å². The largest absolute Gasteiger partial charge is 0.400 e. The van der Waals surface area contributed by atoms with Gasteiger partial charge in [-0.15, -0.1) is 0 Å². The number of hydrogen-bond acceptors (Lipinski definition) is 1. The zero-order valence-corrected chi connectivity index (χ0v) is 16.5. The average molecular weight is 474 g/mol. The van der Waals surface area contributed by atoms with Gasteiger partial charge >= 0.3 is 6.18 Å². The minimum Gasteiger partial charge on any atom is -0.370 e. The third-order valence-electron chi connectivity index (χ3n) is 4.52. The number of anilines is 1. The zero-order chi connectivity index (χ0) is 18.4. The van der Waals surface area contributed by atoms with Crippen LogP contribution >= 0.6 is 50.7 Å². The highest BCUT2D eigenvalue weighted by Gasteiger charge is 2.59. The Kier molecular flexibility index (Phi) is 5.24. The molecule has 1 atom stereocenters. The molecule has 1 fully saturated rings. The number of benzene rings is 2. The molecule has 134 valence electrons. The molecular weight excluding hydrogens is 461 g/mol. The van der Waals surface area contributed by atoms with Crippen molar-refractivity contribution in [3.63, 3.8) is 0 Å². The Labute approximate surface area is 166 Å². The number of hydrogen-bond donors (Lipinski definition) is 0. The van der Waals surface area contributed by atoms with Crippen LogP contribution in [-0.2, 0) is 5.41 Å². The van der Waals surface area contributed by atoms with E-state index in [0.29, 0.717) is 0 Å². The SMILES string of the molecule is FC(F)(F)C1(c2cc(Cl)c(Cl)c(Cl)c2)CCN(c2cccc(Br)c2)C1. The van der Waals surface area contributed by atoms with E-state index >= 15 is 0 Å². The van der Waals surface area contributed by atoms with E-state index in [1.807, 2.05) is 6.07 Å². The van der Waals surface area contributed by atoms with Crippen molar-refractivity contribution in [3.05, 3.63) is 61.5 Å². The monoisotopic (exact) mass is 471 g/mol. The second-order valence-corrected chi connectivity index (χ2v) is 8.09. The summed E-state index contributed by atoms with van der Waals surface area (Å²) in [5, 5.41) is 0.105. The molecule has 1 unspecified atom stereocenters. The summed E-state index contributed by atoms with van der Waals surface area (Å²) in [6.45, 7) is 0.0646. The zero-order valence-electron chi connectivity index (χ0n) is 12.7. The molecule has 1 heterocycles. The van der Waals surface area contributed by atoms with E-state index in [1.54, 1.807) is 23.1 Å². The Morgan fingerprint density at radius 1 is 1.04 bits per heavy atom. The van der Waals surface area contributed by atoms with E-state index < -0.39 is 11.6 Å². The van der Waals surface area contributed by atoms with E-state index in [9.17, 15) is 13.2 Å². The summed E-state index contributed by atoms with van der Waals surface area (Å²) in [6, 6.07) is 9.76. The van der Waals surface area contributed by atoms with Gasteiger partial charge < -0.3 is 4.90 Å². The van der Waals surface area contributed by atoms with Gasteiger partial charge in [-0.25, -0.2) is 0 Å². The van der Waals surface area contributed by atoms with Gasteiger partial charge in [-0.1, -0.05) is 56.8 Å². The fourth-order valence-electron chi connectivity index (χ4n) is 3.17. The Balaban J connectivity index is 2.05. The molecular formula is C17H12BrCl3F3N. The minimum atomic E-state index is -4.45. The van der Waals surface area contributed by atoms with Crippen molar-refractivity contribution in [2.75, 3.05) is 18.0 Å². The van der Waals surface area contributed by atoms with Crippen LogP contribution in [0.1, 0.15) is 12.0 Å². The van der Waals surface area contributed by atoms with Gasteiger partial charge in [0.1, 0.15) is 5.41 Å². The molecule has 0 amide bonds. The number of halogens is 7. The molecule has 2 aromatic rings. The third kappa shape index (κ3) is 3.48. The van der Waals surface area contributed by atoms with Gasteiger partial charge in [0.2, 0.25) is 0 Å². The fourth-order valence-corrected chi connectivity index (χ4v) is 4.15. The Hall–Kier alpha value is -0.620. The van der Waals surface area contributed by atoms with Gasteiger partial charge in [-0.3, -0.25) is 0 Å². The maximum atomic E-state index is 14.1. The summed E-state index contributed by atoms with van der Waals surface area (Å²) in [7, 11) is 0. The predicted molar refractivity (Wildman–Crippen MR) is 100 cm³/mol. The Morgan fingerprint density at radius 3 is 2.24 bits per heavy atom. The molecule has 0 bridgehead atoms. The fraction of sp³-hybridized carbons (Fsp3) is 0.294. The lowest BCUT2D eigenvalue weighted by Gasteiger charge is -2.33. The number of rotatable bonds is 2. The van der Waals surface area contributed by atoms with E-state index in [0.717, 1.165) is 10.2 Å². The first-order chi connectivity index (χ1) is 11.6. The highest BCUT2D eigenvalue weighted by Crippen LogP contribution is 2.50. The van der Waals surface area contributed by atoms with Crippen molar-refractivity contribution < 1.29 is 13.2 Å².